The molecule has 0 aliphatic rings. The molecule has 0 spiro atoms. The van der Waals surface area contributed by atoms with Gasteiger partial charge in [-0.2, -0.15) is 0 Å². The van der Waals surface area contributed by atoms with Crippen molar-refractivity contribution in [3.8, 4) is 0 Å². The topological polar surface area (TPSA) is 26.3 Å². The third-order valence-corrected chi connectivity index (χ3v) is 3.91. The van der Waals surface area contributed by atoms with E-state index in [-0.39, 0.29) is 20.5 Å². The number of hydrogen-bond acceptors (Lipinski definition) is 2. The van der Waals surface area contributed by atoms with Crippen LogP contribution >= 0.6 is 0 Å². The molecule has 0 fully saturated rings. The van der Waals surface area contributed by atoms with Crippen LogP contribution in [-0.4, -0.2) is 27.6 Å². The minimum absolute atomic E-state index is 0.169. The van der Waals surface area contributed by atoms with Crippen LogP contribution in [0.1, 0.15) is 27.0 Å². The maximum absolute atomic E-state index is 11.1. The van der Waals surface area contributed by atoms with E-state index < -0.39 is 0 Å². The van der Waals surface area contributed by atoms with Gasteiger partial charge < -0.3 is 0 Å². The van der Waals surface area contributed by atoms with E-state index in [0.717, 1.165) is 17.3 Å². The van der Waals surface area contributed by atoms with Gasteiger partial charge in [0.2, 0.25) is 0 Å². The van der Waals surface area contributed by atoms with Gasteiger partial charge in [0.25, 0.3) is 0 Å². The maximum atomic E-state index is 11.1. The molecule has 12 heavy (non-hydrogen) atoms. The quantitative estimate of drug-likeness (QED) is 0.581. The van der Waals surface area contributed by atoms with Crippen LogP contribution in [0.15, 0.2) is 12.1 Å². The van der Waals surface area contributed by atoms with Gasteiger partial charge in [0.1, 0.15) is 0 Å². The Morgan fingerprint density at radius 2 is 2.33 bits per heavy atom. The normalized spacial score (nSPS) is 9.83. The molecule has 1 heterocycles. The fourth-order valence-corrected chi connectivity index (χ4v) is 3.12. The Balaban J connectivity index is 2.70. The molecule has 0 unspecified atom stereocenters. The van der Waals surface area contributed by atoms with Gasteiger partial charge in [-0.15, -0.1) is 0 Å². The summed E-state index contributed by atoms with van der Waals surface area (Å²) in [5.74, 6) is -0.169. The Morgan fingerprint density at radius 3 is 2.92 bits per heavy atom. The second-order valence-corrected chi connectivity index (χ2v) is 4.96. The summed E-state index contributed by atoms with van der Waals surface area (Å²) >= 11 is 0.225. The number of methoxy groups -OCH3 is 1. The summed E-state index contributed by atoms with van der Waals surface area (Å²) in [6, 6.07) is 3.94. The molecule has 0 radical (unpaired) electrons. The Kier molecular flexibility index (Phi) is 3.57. The SMILES string of the molecule is CCCc1ccc(C(=O)OC)[se]1. The van der Waals surface area contributed by atoms with Crippen LogP contribution in [-0.2, 0) is 11.2 Å². The summed E-state index contributed by atoms with van der Waals surface area (Å²) in [6.45, 7) is 2.15. The number of aryl methyl sites for hydroxylation is 1. The van der Waals surface area contributed by atoms with Gasteiger partial charge in [-0.3, -0.25) is 0 Å². The second kappa shape index (κ2) is 4.48. The fourth-order valence-electron chi connectivity index (χ4n) is 0.969. The summed E-state index contributed by atoms with van der Waals surface area (Å²) in [7, 11) is 1.43. The molecule has 0 N–H and O–H groups in total. The number of esters is 1. The first-order chi connectivity index (χ1) is 5.77. The standard InChI is InChI=1S/C9H12O2Se/c1-3-4-7-5-6-8(12-7)9(10)11-2/h5-6H,3-4H2,1-2H3. The van der Waals surface area contributed by atoms with Crippen LogP contribution in [0.25, 0.3) is 0 Å². The fraction of sp³-hybridized carbons (Fsp3) is 0.444. The first-order valence-corrected chi connectivity index (χ1v) is 5.66. The summed E-state index contributed by atoms with van der Waals surface area (Å²) in [5.41, 5.74) is 0. The molecule has 0 saturated carbocycles. The predicted octanol–water partition coefficient (Wildman–Crippen LogP) is 1.48. The molecule has 0 bridgehead atoms. The van der Waals surface area contributed by atoms with Crippen LogP contribution < -0.4 is 0 Å². The molecule has 2 nitrogen and oxygen atoms in total. The Labute approximate surface area is 78.3 Å². The van der Waals surface area contributed by atoms with E-state index in [1.165, 1.54) is 11.5 Å². The van der Waals surface area contributed by atoms with Crippen LogP contribution in [0, 0.1) is 0 Å². The van der Waals surface area contributed by atoms with Gasteiger partial charge in [0.05, 0.1) is 0 Å². The summed E-state index contributed by atoms with van der Waals surface area (Å²) < 4.78 is 6.87. The summed E-state index contributed by atoms with van der Waals surface area (Å²) in [5, 5.41) is 0. The molecule has 0 aromatic carbocycles. The van der Waals surface area contributed by atoms with E-state index in [9.17, 15) is 4.79 Å². The minimum atomic E-state index is -0.169. The molecule has 0 amide bonds. The number of carbonyl (C=O) groups excluding carboxylic acids is 1. The van der Waals surface area contributed by atoms with Gasteiger partial charge >= 0.3 is 77.9 Å². The molecular formula is C9H12O2Se. The molecule has 0 aliphatic carbocycles. The zero-order valence-electron chi connectivity index (χ0n) is 7.29. The molecule has 0 atom stereocenters. The van der Waals surface area contributed by atoms with E-state index >= 15 is 0 Å². The third-order valence-electron chi connectivity index (χ3n) is 1.54. The number of ether oxygens (including phenoxy) is 1. The van der Waals surface area contributed by atoms with Crippen molar-refractivity contribution in [3.63, 3.8) is 0 Å². The van der Waals surface area contributed by atoms with E-state index in [1.54, 1.807) is 0 Å². The first-order valence-electron chi connectivity index (χ1n) is 3.95. The average molecular weight is 231 g/mol. The number of carbonyl (C=O) groups is 1. The van der Waals surface area contributed by atoms with E-state index in [1.807, 2.05) is 6.07 Å². The zero-order valence-corrected chi connectivity index (χ0v) is 9.01. The van der Waals surface area contributed by atoms with Crippen molar-refractivity contribution < 1.29 is 9.53 Å². The summed E-state index contributed by atoms with van der Waals surface area (Å²) in [4.78, 5) is 11.1. The number of hydrogen-bond donors (Lipinski definition) is 0. The monoisotopic (exact) mass is 232 g/mol. The van der Waals surface area contributed by atoms with Crippen LogP contribution in [0.5, 0.6) is 0 Å². The van der Waals surface area contributed by atoms with Crippen molar-refractivity contribution >= 4 is 20.5 Å². The first kappa shape index (κ1) is 9.56. The van der Waals surface area contributed by atoms with Crippen molar-refractivity contribution in [2.24, 2.45) is 0 Å². The van der Waals surface area contributed by atoms with E-state index in [2.05, 4.69) is 17.7 Å². The summed E-state index contributed by atoms with van der Waals surface area (Å²) in [6.07, 6.45) is 2.26. The zero-order chi connectivity index (χ0) is 8.97. The van der Waals surface area contributed by atoms with E-state index in [4.69, 9.17) is 0 Å². The third kappa shape index (κ3) is 2.23. The molecule has 3 heteroatoms. The molecule has 66 valence electrons. The Morgan fingerprint density at radius 1 is 1.58 bits per heavy atom. The van der Waals surface area contributed by atoms with Crippen LogP contribution in [0.4, 0.5) is 0 Å². The molecule has 0 saturated heterocycles. The van der Waals surface area contributed by atoms with Crippen molar-refractivity contribution in [2.45, 2.75) is 19.8 Å². The van der Waals surface area contributed by atoms with Gasteiger partial charge in [-0.25, -0.2) is 0 Å². The van der Waals surface area contributed by atoms with Gasteiger partial charge in [0, 0.05) is 0 Å². The Bertz CT molecular complexity index is 265. The van der Waals surface area contributed by atoms with Gasteiger partial charge in [-0.1, -0.05) is 0 Å². The molecule has 1 aromatic rings. The molecule has 1 rings (SSSR count). The van der Waals surface area contributed by atoms with Gasteiger partial charge in [-0.05, 0) is 0 Å². The van der Waals surface area contributed by atoms with Crippen molar-refractivity contribution in [3.05, 3.63) is 21.0 Å². The average Bonchev–Trinajstić information content (AvgIpc) is 2.52. The Hall–Kier alpha value is -0.531. The van der Waals surface area contributed by atoms with Crippen LogP contribution in [0.3, 0.4) is 0 Å². The van der Waals surface area contributed by atoms with Crippen molar-refractivity contribution in [2.75, 3.05) is 7.11 Å². The predicted molar refractivity (Wildman–Crippen MR) is 48.7 cm³/mol. The van der Waals surface area contributed by atoms with Crippen molar-refractivity contribution in [1.29, 1.82) is 0 Å². The van der Waals surface area contributed by atoms with Gasteiger partial charge in [0.15, 0.2) is 0 Å². The van der Waals surface area contributed by atoms with Crippen molar-refractivity contribution in [1.82, 2.24) is 0 Å². The second-order valence-electron chi connectivity index (χ2n) is 2.51. The molecule has 0 aliphatic heterocycles. The molecular weight excluding hydrogens is 219 g/mol. The van der Waals surface area contributed by atoms with E-state index in [0.29, 0.717) is 0 Å². The number of rotatable bonds is 3. The molecule has 1 aromatic heterocycles. The van der Waals surface area contributed by atoms with Crippen LogP contribution in [0.2, 0.25) is 0 Å².